The molecule has 4 nitrogen and oxygen atoms in total. The van der Waals surface area contributed by atoms with Gasteiger partial charge in [0, 0.05) is 6.04 Å². The standard InChI is InChI=1S/C9H14BNO3/c1-11-3-2-5-4-6(12)8(13)9(10,14)7(5)11/h5-7,12,14H,2-4H2,1H3. The molecule has 0 aromatic rings. The zero-order valence-corrected chi connectivity index (χ0v) is 8.18. The molecular weight excluding hydrogens is 181 g/mol. The molecule has 5 heteroatoms. The lowest BCUT2D eigenvalue weighted by molar-refractivity contribution is -0.150. The van der Waals surface area contributed by atoms with Gasteiger partial charge < -0.3 is 15.1 Å². The highest BCUT2D eigenvalue weighted by Gasteiger charge is 2.53. The molecule has 1 aliphatic carbocycles. The number of rotatable bonds is 0. The van der Waals surface area contributed by atoms with E-state index < -0.39 is 17.4 Å². The van der Waals surface area contributed by atoms with Crippen molar-refractivity contribution >= 4 is 13.6 Å². The summed E-state index contributed by atoms with van der Waals surface area (Å²) in [5, 5.41) is 19.3. The Morgan fingerprint density at radius 1 is 1.64 bits per heavy atom. The van der Waals surface area contributed by atoms with Crippen molar-refractivity contribution in [1.29, 1.82) is 0 Å². The van der Waals surface area contributed by atoms with Crippen LogP contribution >= 0.6 is 0 Å². The van der Waals surface area contributed by atoms with Gasteiger partial charge in [-0.3, -0.25) is 4.79 Å². The van der Waals surface area contributed by atoms with Gasteiger partial charge >= 0.3 is 0 Å². The van der Waals surface area contributed by atoms with Crippen molar-refractivity contribution in [2.45, 2.75) is 30.5 Å². The van der Waals surface area contributed by atoms with Crippen LogP contribution in [-0.4, -0.2) is 60.0 Å². The second kappa shape index (κ2) is 3.05. The summed E-state index contributed by atoms with van der Waals surface area (Å²) in [5.74, 6) is -0.518. The van der Waals surface area contributed by atoms with Crippen LogP contribution < -0.4 is 0 Å². The number of Topliss-reactive ketones (excluding diaryl/α,β-unsaturated/α-hetero) is 1. The summed E-state index contributed by atoms with van der Waals surface area (Å²) in [7, 11) is 7.43. The molecule has 0 spiro atoms. The minimum atomic E-state index is -1.88. The van der Waals surface area contributed by atoms with Crippen LogP contribution in [0.1, 0.15) is 12.8 Å². The van der Waals surface area contributed by atoms with E-state index in [9.17, 15) is 15.0 Å². The minimum Gasteiger partial charge on any atom is -0.390 e. The predicted molar refractivity (Wildman–Crippen MR) is 50.9 cm³/mol. The summed E-state index contributed by atoms with van der Waals surface area (Å²) in [6.45, 7) is 0.814. The summed E-state index contributed by atoms with van der Waals surface area (Å²) in [4.78, 5) is 13.4. The number of ketones is 1. The largest absolute Gasteiger partial charge is 0.390 e. The maximum atomic E-state index is 11.5. The Balaban J connectivity index is 2.31. The van der Waals surface area contributed by atoms with Crippen molar-refractivity contribution in [3.8, 4) is 0 Å². The van der Waals surface area contributed by atoms with Crippen LogP contribution in [0.15, 0.2) is 0 Å². The SMILES string of the molecule is [B]C1(O)C(=O)C(O)CC2CCN(C)C21. The van der Waals surface area contributed by atoms with Gasteiger partial charge in [-0.1, -0.05) is 0 Å². The zero-order valence-electron chi connectivity index (χ0n) is 8.18. The Bertz CT molecular complexity index is 269. The van der Waals surface area contributed by atoms with Crippen LogP contribution in [-0.2, 0) is 4.79 Å². The first-order valence-electron chi connectivity index (χ1n) is 4.88. The van der Waals surface area contributed by atoms with E-state index >= 15 is 0 Å². The van der Waals surface area contributed by atoms with Crippen molar-refractivity contribution in [2.24, 2.45) is 5.92 Å². The first kappa shape index (κ1) is 10.1. The van der Waals surface area contributed by atoms with Crippen LogP contribution in [0.25, 0.3) is 0 Å². The summed E-state index contributed by atoms with van der Waals surface area (Å²) >= 11 is 0. The van der Waals surface area contributed by atoms with E-state index in [0.29, 0.717) is 6.42 Å². The van der Waals surface area contributed by atoms with E-state index in [4.69, 9.17) is 7.85 Å². The molecule has 76 valence electrons. The highest BCUT2D eigenvalue weighted by atomic mass is 16.3. The number of aliphatic hydroxyl groups excluding tert-OH is 1. The quantitative estimate of drug-likeness (QED) is 0.461. The molecule has 2 radical (unpaired) electrons. The van der Waals surface area contributed by atoms with Gasteiger partial charge in [-0.05, 0) is 32.4 Å². The second-order valence-electron chi connectivity index (χ2n) is 4.42. The molecule has 1 saturated heterocycles. The Hall–Kier alpha value is -0.385. The second-order valence-corrected chi connectivity index (χ2v) is 4.42. The lowest BCUT2D eigenvalue weighted by Crippen LogP contribution is -2.63. The van der Waals surface area contributed by atoms with Gasteiger partial charge in [0.2, 0.25) is 0 Å². The van der Waals surface area contributed by atoms with Gasteiger partial charge in [-0.2, -0.15) is 0 Å². The molecule has 2 N–H and O–H groups in total. The van der Waals surface area contributed by atoms with Gasteiger partial charge in [-0.15, -0.1) is 0 Å². The monoisotopic (exact) mass is 195 g/mol. The van der Waals surface area contributed by atoms with E-state index in [2.05, 4.69) is 0 Å². The molecule has 2 fully saturated rings. The minimum absolute atomic E-state index is 0.127. The van der Waals surface area contributed by atoms with E-state index in [1.54, 1.807) is 0 Å². The fourth-order valence-electron chi connectivity index (χ4n) is 2.77. The number of likely N-dealkylation sites (tertiary alicyclic amines) is 1. The van der Waals surface area contributed by atoms with Crippen molar-refractivity contribution in [1.82, 2.24) is 4.90 Å². The number of fused-ring (bicyclic) bond motifs is 1. The van der Waals surface area contributed by atoms with E-state index in [0.717, 1.165) is 13.0 Å². The average molecular weight is 195 g/mol. The fourth-order valence-corrected chi connectivity index (χ4v) is 2.77. The van der Waals surface area contributed by atoms with Crippen molar-refractivity contribution < 1.29 is 15.0 Å². The first-order chi connectivity index (χ1) is 6.44. The first-order valence-corrected chi connectivity index (χ1v) is 4.88. The van der Waals surface area contributed by atoms with E-state index in [1.807, 2.05) is 11.9 Å². The van der Waals surface area contributed by atoms with Crippen molar-refractivity contribution in [3.05, 3.63) is 0 Å². The van der Waals surface area contributed by atoms with Crippen LogP contribution in [0.4, 0.5) is 0 Å². The number of hydrogen-bond donors (Lipinski definition) is 2. The van der Waals surface area contributed by atoms with E-state index in [-0.39, 0.29) is 12.0 Å². The number of hydrogen-bond acceptors (Lipinski definition) is 4. The van der Waals surface area contributed by atoms with Gasteiger partial charge in [0.1, 0.15) is 14.0 Å². The molecule has 4 unspecified atom stereocenters. The highest BCUT2D eigenvalue weighted by molar-refractivity contribution is 6.29. The molecule has 2 rings (SSSR count). The van der Waals surface area contributed by atoms with Crippen LogP contribution in [0.3, 0.4) is 0 Å². The average Bonchev–Trinajstić information content (AvgIpc) is 2.44. The third-order valence-corrected chi connectivity index (χ3v) is 3.45. The normalized spacial score (nSPS) is 49.4. The summed E-state index contributed by atoms with van der Waals surface area (Å²) in [6, 6.07) is -0.335. The molecule has 1 aliphatic heterocycles. The summed E-state index contributed by atoms with van der Waals surface area (Å²) in [5.41, 5.74) is -1.88. The van der Waals surface area contributed by atoms with Crippen molar-refractivity contribution in [2.75, 3.05) is 13.6 Å². The lowest BCUT2D eigenvalue weighted by atomic mass is 9.62. The van der Waals surface area contributed by atoms with Crippen LogP contribution in [0, 0.1) is 5.92 Å². The molecule has 0 amide bonds. The third kappa shape index (κ3) is 1.23. The molecular formula is C9H14BNO3. The van der Waals surface area contributed by atoms with Gasteiger partial charge in [0.05, 0.1) is 5.50 Å². The lowest BCUT2D eigenvalue weighted by Gasteiger charge is -2.43. The van der Waals surface area contributed by atoms with Gasteiger partial charge in [0.15, 0.2) is 5.78 Å². The predicted octanol–water partition coefficient (Wildman–Crippen LogP) is -1.50. The maximum absolute atomic E-state index is 11.5. The molecule has 1 heterocycles. The van der Waals surface area contributed by atoms with E-state index in [1.165, 1.54) is 0 Å². The summed E-state index contributed by atoms with van der Waals surface area (Å²) in [6.07, 6.45) is 0.205. The van der Waals surface area contributed by atoms with Gasteiger partial charge in [0.25, 0.3) is 0 Å². The third-order valence-electron chi connectivity index (χ3n) is 3.45. The Kier molecular flexibility index (Phi) is 2.21. The molecule has 0 bridgehead atoms. The Morgan fingerprint density at radius 3 is 2.93 bits per heavy atom. The molecule has 4 atom stereocenters. The molecule has 0 aromatic carbocycles. The molecule has 0 aromatic heterocycles. The topological polar surface area (TPSA) is 60.8 Å². The Morgan fingerprint density at radius 2 is 2.29 bits per heavy atom. The highest BCUT2D eigenvalue weighted by Crippen LogP contribution is 2.38. The number of carbonyl (C=O) groups is 1. The summed E-state index contributed by atoms with van der Waals surface area (Å²) < 4.78 is 0. The van der Waals surface area contributed by atoms with Crippen LogP contribution in [0.2, 0.25) is 0 Å². The number of likely N-dealkylation sites (N-methyl/N-ethyl adjacent to an activating group) is 1. The molecule has 1 saturated carbocycles. The zero-order chi connectivity index (χ0) is 10.5. The molecule has 14 heavy (non-hydrogen) atoms. The van der Waals surface area contributed by atoms with Gasteiger partial charge in [-0.25, -0.2) is 0 Å². The smallest absolute Gasteiger partial charge is 0.184 e. The van der Waals surface area contributed by atoms with Crippen LogP contribution in [0.5, 0.6) is 0 Å². The number of aliphatic hydroxyl groups is 2. The molecule has 2 aliphatic rings. The fraction of sp³-hybridized carbons (Fsp3) is 0.889. The van der Waals surface area contributed by atoms with Crippen molar-refractivity contribution in [3.63, 3.8) is 0 Å². The number of nitrogens with zero attached hydrogens (tertiary/aromatic N) is 1. The Labute approximate surface area is 84.3 Å². The maximum Gasteiger partial charge on any atom is 0.184 e. The number of carbonyl (C=O) groups excluding carboxylic acids is 1.